The summed E-state index contributed by atoms with van der Waals surface area (Å²) in [4.78, 5) is 31.9. The number of aromatic nitrogens is 1. The van der Waals surface area contributed by atoms with E-state index < -0.39 is 12.0 Å². The molecular formula is C31H26ClFN2O5S. The molecule has 5 rings (SSSR count). The zero-order valence-corrected chi connectivity index (χ0v) is 24.1. The summed E-state index contributed by atoms with van der Waals surface area (Å²) < 4.78 is 32.4. The van der Waals surface area contributed by atoms with Crippen molar-refractivity contribution in [1.82, 2.24) is 4.57 Å². The first kappa shape index (κ1) is 28.3. The van der Waals surface area contributed by atoms with E-state index in [0.29, 0.717) is 43.9 Å². The molecule has 0 bridgehead atoms. The van der Waals surface area contributed by atoms with Crippen LogP contribution in [0.2, 0.25) is 5.02 Å². The summed E-state index contributed by atoms with van der Waals surface area (Å²) in [5.41, 5.74) is 2.33. The summed E-state index contributed by atoms with van der Waals surface area (Å²) in [5, 5.41) is 0.239. The summed E-state index contributed by atoms with van der Waals surface area (Å²) in [6.07, 6.45) is 2.18. The van der Waals surface area contributed by atoms with Gasteiger partial charge in [0.05, 0.1) is 41.1 Å². The lowest BCUT2D eigenvalue weighted by Gasteiger charge is -2.25. The molecule has 3 aromatic carbocycles. The van der Waals surface area contributed by atoms with Crippen LogP contribution in [0.3, 0.4) is 0 Å². The third-order valence-electron chi connectivity index (χ3n) is 6.64. The lowest BCUT2D eigenvalue weighted by molar-refractivity contribution is -0.136. The first-order valence-electron chi connectivity index (χ1n) is 12.8. The van der Waals surface area contributed by atoms with Gasteiger partial charge in [-0.3, -0.25) is 9.36 Å². The molecule has 0 N–H and O–H groups in total. The minimum absolute atomic E-state index is 0.0392. The third kappa shape index (κ3) is 5.55. The third-order valence-corrected chi connectivity index (χ3v) is 7.91. The minimum Gasteiger partial charge on any atom is -0.493 e. The van der Waals surface area contributed by atoms with E-state index >= 15 is 0 Å². The number of hydrogen-bond donors (Lipinski definition) is 0. The quantitative estimate of drug-likeness (QED) is 0.264. The van der Waals surface area contributed by atoms with Gasteiger partial charge >= 0.3 is 5.97 Å². The Morgan fingerprint density at radius 2 is 1.85 bits per heavy atom. The maximum Gasteiger partial charge on any atom is 0.338 e. The highest BCUT2D eigenvalue weighted by molar-refractivity contribution is 7.07. The molecule has 0 saturated carbocycles. The van der Waals surface area contributed by atoms with Crippen LogP contribution >= 0.6 is 22.9 Å². The number of benzene rings is 3. The van der Waals surface area contributed by atoms with E-state index in [1.165, 1.54) is 36.2 Å². The van der Waals surface area contributed by atoms with Gasteiger partial charge in [0, 0.05) is 5.56 Å². The predicted octanol–water partition coefficient (Wildman–Crippen LogP) is 5.18. The molecule has 1 atom stereocenters. The first-order chi connectivity index (χ1) is 19.9. The maximum absolute atomic E-state index is 14.1. The van der Waals surface area contributed by atoms with Crippen LogP contribution in [0.1, 0.15) is 36.1 Å². The van der Waals surface area contributed by atoms with Crippen LogP contribution in [0.25, 0.3) is 6.08 Å². The Morgan fingerprint density at radius 1 is 1.12 bits per heavy atom. The van der Waals surface area contributed by atoms with E-state index in [1.54, 1.807) is 36.4 Å². The van der Waals surface area contributed by atoms with Gasteiger partial charge in [-0.25, -0.2) is 14.2 Å². The summed E-state index contributed by atoms with van der Waals surface area (Å²) in [5.74, 6) is -0.326. The molecule has 0 saturated heterocycles. The number of carbonyl (C=O) groups excluding carboxylic acids is 1. The summed E-state index contributed by atoms with van der Waals surface area (Å²) in [7, 11) is 2.79. The van der Waals surface area contributed by atoms with E-state index in [0.717, 1.165) is 5.56 Å². The van der Waals surface area contributed by atoms with E-state index in [4.69, 9.17) is 25.8 Å². The van der Waals surface area contributed by atoms with E-state index in [2.05, 4.69) is 4.99 Å². The van der Waals surface area contributed by atoms with E-state index in [-0.39, 0.29) is 28.8 Å². The van der Waals surface area contributed by atoms with Crippen molar-refractivity contribution in [2.24, 2.45) is 4.99 Å². The normalized spacial score (nSPS) is 14.9. The SMILES string of the molecule is CCC1=C(C(=O)OC)[C@H](c2ccccc2)n2c(s/c(=C\c3cc(Cl)c(OCc4ccccc4F)c(OC)c3)c2=O)=N1. The zero-order valence-electron chi connectivity index (χ0n) is 22.5. The molecule has 1 aliphatic rings. The van der Waals surface area contributed by atoms with Crippen LogP contribution in [0.15, 0.2) is 87.8 Å². The van der Waals surface area contributed by atoms with Gasteiger partial charge in [-0.15, -0.1) is 0 Å². The number of hydrogen-bond acceptors (Lipinski definition) is 7. The highest BCUT2D eigenvalue weighted by Gasteiger charge is 2.33. The van der Waals surface area contributed by atoms with Gasteiger partial charge in [-0.2, -0.15) is 0 Å². The first-order valence-corrected chi connectivity index (χ1v) is 14.0. The molecule has 0 amide bonds. The molecule has 41 heavy (non-hydrogen) atoms. The molecule has 0 unspecified atom stereocenters. The molecule has 210 valence electrons. The average Bonchev–Trinajstić information content (AvgIpc) is 3.30. The number of esters is 1. The van der Waals surface area contributed by atoms with Crippen LogP contribution in [0, 0.1) is 5.82 Å². The molecule has 10 heteroatoms. The van der Waals surface area contributed by atoms with Gasteiger partial charge in [0.2, 0.25) is 0 Å². The van der Waals surface area contributed by atoms with Crippen molar-refractivity contribution in [3.8, 4) is 11.5 Å². The highest BCUT2D eigenvalue weighted by Crippen LogP contribution is 2.37. The fourth-order valence-corrected chi connectivity index (χ4v) is 5.99. The van der Waals surface area contributed by atoms with Gasteiger partial charge in [0.15, 0.2) is 16.3 Å². The molecule has 1 aliphatic heterocycles. The fourth-order valence-electron chi connectivity index (χ4n) is 4.69. The predicted molar refractivity (Wildman–Crippen MR) is 156 cm³/mol. The van der Waals surface area contributed by atoms with Gasteiger partial charge in [0.25, 0.3) is 5.56 Å². The Morgan fingerprint density at radius 3 is 2.54 bits per heavy atom. The lowest BCUT2D eigenvalue weighted by Crippen LogP contribution is -2.40. The number of fused-ring (bicyclic) bond motifs is 1. The fraction of sp³-hybridized carbons (Fsp3) is 0.194. The highest BCUT2D eigenvalue weighted by atomic mass is 35.5. The molecule has 0 fully saturated rings. The second-order valence-electron chi connectivity index (χ2n) is 9.11. The Bertz CT molecular complexity index is 1830. The zero-order chi connectivity index (χ0) is 29.1. The van der Waals surface area contributed by atoms with Crippen LogP contribution in [0.4, 0.5) is 4.39 Å². The van der Waals surface area contributed by atoms with Crippen LogP contribution in [-0.4, -0.2) is 24.8 Å². The standard InChI is InChI=1S/C31H26ClFN2O5S/c1-4-23-26(30(37)39-3)27(19-10-6-5-7-11-19)35-29(36)25(41-31(35)34-23)16-18-14-21(32)28(24(15-18)38-2)40-17-20-12-8-9-13-22(20)33/h5-16,27H,4,17H2,1-3H3/b25-16-/t27-/m0/s1. The van der Waals surface area contributed by atoms with Crippen molar-refractivity contribution >= 4 is 35.0 Å². The molecule has 4 aromatic rings. The van der Waals surface area contributed by atoms with Crippen molar-refractivity contribution in [1.29, 1.82) is 0 Å². The number of nitrogens with zero attached hydrogens (tertiary/aromatic N) is 2. The van der Waals surface area contributed by atoms with Crippen LogP contribution < -0.4 is 24.4 Å². The molecule has 0 aliphatic carbocycles. The Kier molecular flexibility index (Phi) is 8.37. The number of thiazole rings is 1. The Labute approximate surface area is 244 Å². The van der Waals surface area contributed by atoms with Crippen molar-refractivity contribution in [2.45, 2.75) is 26.0 Å². The van der Waals surface area contributed by atoms with Crippen molar-refractivity contribution < 1.29 is 23.4 Å². The number of carbonyl (C=O) groups is 1. The summed E-state index contributed by atoms with van der Waals surface area (Å²) >= 11 is 7.78. The van der Waals surface area contributed by atoms with E-state index in [9.17, 15) is 14.0 Å². The van der Waals surface area contributed by atoms with Crippen LogP contribution in [-0.2, 0) is 16.1 Å². The minimum atomic E-state index is -0.690. The molecule has 0 spiro atoms. The topological polar surface area (TPSA) is 79.1 Å². The van der Waals surface area contributed by atoms with Gasteiger partial charge in [-0.05, 0) is 41.8 Å². The summed E-state index contributed by atoms with van der Waals surface area (Å²) in [6, 6.07) is 18.3. The lowest BCUT2D eigenvalue weighted by atomic mass is 9.95. The molecule has 7 nitrogen and oxygen atoms in total. The van der Waals surface area contributed by atoms with Crippen molar-refractivity contribution in [3.05, 3.63) is 125 Å². The Hall–Kier alpha value is -4.21. The molecule has 1 aromatic heterocycles. The van der Waals surface area contributed by atoms with Crippen molar-refractivity contribution in [3.63, 3.8) is 0 Å². The number of methoxy groups -OCH3 is 2. The molecule has 0 radical (unpaired) electrons. The largest absolute Gasteiger partial charge is 0.493 e. The Balaban J connectivity index is 1.59. The summed E-state index contributed by atoms with van der Waals surface area (Å²) in [6.45, 7) is 1.87. The smallest absolute Gasteiger partial charge is 0.338 e. The van der Waals surface area contributed by atoms with Crippen molar-refractivity contribution in [2.75, 3.05) is 14.2 Å². The molecular weight excluding hydrogens is 567 g/mol. The van der Waals surface area contributed by atoms with Crippen LogP contribution in [0.5, 0.6) is 11.5 Å². The van der Waals surface area contributed by atoms with E-state index in [1.807, 2.05) is 37.3 Å². The van der Waals surface area contributed by atoms with Gasteiger partial charge in [0.1, 0.15) is 12.4 Å². The number of halogens is 2. The van der Waals surface area contributed by atoms with Gasteiger partial charge < -0.3 is 14.2 Å². The van der Waals surface area contributed by atoms with Gasteiger partial charge in [-0.1, -0.05) is 78.4 Å². The second kappa shape index (κ2) is 12.1. The number of allylic oxidation sites excluding steroid dienone is 1. The molecule has 2 heterocycles. The number of ether oxygens (including phenoxy) is 3. The number of rotatable bonds is 8. The second-order valence-corrected chi connectivity index (χ2v) is 10.5. The maximum atomic E-state index is 14.1. The average molecular weight is 593 g/mol. The monoisotopic (exact) mass is 592 g/mol.